The summed E-state index contributed by atoms with van der Waals surface area (Å²) in [6, 6.07) is 15.2. The van der Waals surface area contributed by atoms with Gasteiger partial charge in [0.05, 0.1) is 19.2 Å². The van der Waals surface area contributed by atoms with Gasteiger partial charge >= 0.3 is 0 Å². The molecular weight excluding hydrogens is 384 g/mol. The van der Waals surface area contributed by atoms with Gasteiger partial charge in [-0.15, -0.1) is 0 Å². The Morgan fingerprint density at radius 1 is 0.741 bits per heavy atom. The van der Waals surface area contributed by atoms with Gasteiger partial charge in [-0.25, -0.2) is 13.7 Å². The van der Waals surface area contributed by atoms with Gasteiger partial charge in [-0.3, -0.25) is 0 Å². The molecule has 0 radical (unpaired) electrons. The van der Waals surface area contributed by atoms with Crippen LogP contribution in [0.25, 0.3) is 11.1 Å². The van der Waals surface area contributed by atoms with Gasteiger partial charge in [-0.1, -0.05) is 48.5 Å². The van der Waals surface area contributed by atoms with Crippen molar-refractivity contribution in [3.8, 4) is 22.6 Å². The number of ether oxygens (including phenoxy) is 1. The molecule has 0 heterocycles. The molecule has 0 unspecified atom stereocenters. The van der Waals surface area contributed by atoms with Gasteiger partial charge in [0.15, 0.2) is 11.6 Å². The maximum Gasteiger partial charge on any atom is 0.205 e. The summed E-state index contributed by atoms with van der Waals surface area (Å²) >= 11 is 0.00924. The van der Waals surface area contributed by atoms with Gasteiger partial charge in [0.2, 0.25) is 17.4 Å². The molecule has 0 saturated heterocycles. The Kier molecular flexibility index (Phi) is 6.00. The standard InChI is InChI=1S/C19H12F4O3S/c1-24-26-27-19-16(22)14(20)18(15(21)17(19)23)25-13-10-6-5-9-12(13)11-7-3-2-4-8-11/h2-10H,1H3. The molecule has 27 heavy (non-hydrogen) atoms. The van der Waals surface area contributed by atoms with Crippen LogP contribution in [0, 0.1) is 23.3 Å². The molecule has 0 amide bonds. The van der Waals surface area contributed by atoms with Crippen LogP contribution in [0.4, 0.5) is 17.6 Å². The Balaban J connectivity index is 2.05. The van der Waals surface area contributed by atoms with E-state index in [0.29, 0.717) is 11.1 Å². The molecule has 0 atom stereocenters. The van der Waals surface area contributed by atoms with Crippen molar-refractivity contribution in [3.05, 3.63) is 77.9 Å². The van der Waals surface area contributed by atoms with E-state index >= 15 is 0 Å². The third kappa shape index (κ3) is 3.92. The van der Waals surface area contributed by atoms with Crippen LogP contribution in [0.3, 0.4) is 0 Å². The first-order chi connectivity index (χ1) is 13.0. The first kappa shape index (κ1) is 19.2. The Morgan fingerprint density at radius 3 is 1.96 bits per heavy atom. The third-order valence-corrected chi connectivity index (χ3v) is 4.28. The molecule has 0 spiro atoms. The molecule has 0 aromatic heterocycles. The van der Waals surface area contributed by atoms with E-state index in [1.54, 1.807) is 48.5 Å². The molecule has 3 rings (SSSR count). The summed E-state index contributed by atoms with van der Waals surface area (Å²) < 4.78 is 66.5. The fourth-order valence-corrected chi connectivity index (χ4v) is 2.81. The first-order valence-electron chi connectivity index (χ1n) is 7.60. The molecule has 0 aliphatic rings. The van der Waals surface area contributed by atoms with E-state index in [1.165, 1.54) is 6.07 Å². The summed E-state index contributed by atoms with van der Waals surface area (Å²) in [4.78, 5) is 3.16. The van der Waals surface area contributed by atoms with E-state index in [1.807, 2.05) is 0 Å². The van der Waals surface area contributed by atoms with E-state index in [-0.39, 0.29) is 17.8 Å². The van der Waals surface area contributed by atoms with Crippen molar-refractivity contribution in [2.45, 2.75) is 4.90 Å². The van der Waals surface area contributed by atoms with Gasteiger partial charge in [0.25, 0.3) is 0 Å². The zero-order chi connectivity index (χ0) is 19.4. The molecule has 0 aliphatic heterocycles. The minimum absolute atomic E-state index is 0.00924. The third-order valence-electron chi connectivity index (χ3n) is 3.55. The summed E-state index contributed by atoms with van der Waals surface area (Å²) in [7, 11) is 1.08. The zero-order valence-corrected chi connectivity index (χ0v) is 14.7. The normalized spacial score (nSPS) is 10.9. The van der Waals surface area contributed by atoms with Gasteiger partial charge < -0.3 is 4.74 Å². The number of rotatable bonds is 6. The van der Waals surface area contributed by atoms with Crippen molar-refractivity contribution >= 4 is 12.0 Å². The van der Waals surface area contributed by atoms with Gasteiger partial charge in [-0.05, 0) is 11.6 Å². The number of hydrogen-bond donors (Lipinski definition) is 0. The van der Waals surface area contributed by atoms with Crippen LogP contribution in [0.1, 0.15) is 0 Å². The Hall–Kier alpha value is -2.55. The molecule has 0 N–H and O–H groups in total. The number of hydrogen-bond acceptors (Lipinski definition) is 4. The molecule has 0 saturated carbocycles. The minimum atomic E-state index is -1.68. The number of halogens is 4. The lowest BCUT2D eigenvalue weighted by Crippen LogP contribution is -2.03. The Labute approximate surface area is 156 Å². The highest BCUT2D eigenvalue weighted by Gasteiger charge is 2.28. The molecule has 140 valence electrons. The average Bonchev–Trinajstić information content (AvgIpc) is 2.71. The average molecular weight is 396 g/mol. The fourth-order valence-electron chi connectivity index (χ4n) is 2.34. The summed E-state index contributed by atoms with van der Waals surface area (Å²) in [5, 5.41) is 0. The van der Waals surface area contributed by atoms with Crippen molar-refractivity contribution in [2.24, 2.45) is 0 Å². The van der Waals surface area contributed by atoms with Crippen LogP contribution in [-0.4, -0.2) is 7.11 Å². The maximum atomic E-state index is 14.3. The van der Waals surface area contributed by atoms with E-state index in [0.717, 1.165) is 7.11 Å². The van der Waals surface area contributed by atoms with E-state index < -0.39 is 33.9 Å². The van der Waals surface area contributed by atoms with Crippen molar-refractivity contribution in [3.63, 3.8) is 0 Å². The summed E-state index contributed by atoms with van der Waals surface area (Å²) in [6.07, 6.45) is 0. The molecule has 3 nitrogen and oxygen atoms in total. The molecule has 0 aliphatic carbocycles. The topological polar surface area (TPSA) is 27.7 Å². The number of benzene rings is 3. The molecule has 3 aromatic carbocycles. The van der Waals surface area contributed by atoms with Crippen LogP contribution in [0.5, 0.6) is 11.5 Å². The largest absolute Gasteiger partial charge is 0.450 e. The lowest BCUT2D eigenvalue weighted by Gasteiger charge is -2.14. The van der Waals surface area contributed by atoms with Crippen LogP contribution >= 0.6 is 12.0 Å². The van der Waals surface area contributed by atoms with E-state index in [9.17, 15) is 17.6 Å². The molecular formula is C19H12F4O3S. The lowest BCUT2D eigenvalue weighted by atomic mass is 10.0. The van der Waals surface area contributed by atoms with Crippen molar-refractivity contribution in [1.82, 2.24) is 0 Å². The molecule has 3 aromatic rings. The molecule has 0 bridgehead atoms. The molecule has 8 heteroatoms. The second-order valence-corrected chi connectivity index (χ2v) is 5.91. The minimum Gasteiger partial charge on any atom is -0.450 e. The monoisotopic (exact) mass is 396 g/mol. The SMILES string of the molecule is COOSc1c(F)c(F)c(Oc2ccccc2-c2ccccc2)c(F)c1F. The zero-order valence-electron chi connectivity index (χ0n) is 13.8. The Morgan fingerprint density at radius 2 is 1.33 bits per heavy atom. The van der Waals surface area contributed by atoms with Gasteiger partial charge in [-0.2, -0.15) is 13.1 Å². The van der Waals surface area contributed by atoms with Crippen LogP contribution in [0.2, 0.25) is 0 Å². The molecule has 0 fully saturated rings. The highest BCUT2D eigenvalue weighted by atomic mass is 32.2. The first-order valence-corrected chi connectivity index (χ1v) is 8.34. The van der Waals surface area contributed by atoms with Crippen molar-refractivity contribution in [2.75, 3.05) is 7.11 Å². The maximum absolute atomic E-state index is 14.3. The van der Waals surface area contributed by atoms with Crippen molar-refractivity contribution in [1.29, 1.82) is 0 Å². The van der Waals surface area contributed by atoms with E-state index in [2.05, 4.69) is 9.22 Å². The highest BCUT2D eigenvalue weighted by Crippen LogP contribution is 2.40. The Bertz CT molecular complexity index is 922. The predicted octanol–water partition coefficient (Wildman–Crippen LogP) is 6.29. The smallest absolute Gasteiger partial charge is 0.205 e. The van der Waals surface area contributed by atoms with Crippen LogP contribution in [0.15, 0.2) is 59.5 Å². The lowest BCUT2D eigenvalue weighted by molar-refractivity contribution is -0.160. The van der Waals surface area contributed by atoms with Crippen molar-refractivity contribution < 1.29 is 31.5 Å². The van der Waals surface area contributed by atoms with Gasteiger partial charge in [0, 0.05) is 5.56 Å². The number of para-hydroxylation sites is 1. The second kappa shape index (κ2) is 8.43. The fraction of sp³-hybridized carbons (Fsp3) is 0.0526. The van der Waals surface area contributed by atoms with Crippen LogP contribution in [-0.2, 0) is 9.22 Å². The summed E-state index contributed by atoms with van der Waals surface area (Å²) in [5.41, 5.74) is 1.20. The second-order valence-electron chi connectivity index (χ2n) is 5.20. The van der Waals surface area contributed by atoms with Crippen LogP contribution < -0.4 is 4.74 Å². The summed E-state index contributed by atoms with van der Waals surface area (Å²) in [6.45, 7) is 0. The van der Waals surface area contributed by atoms with Gasteiger partial charge in [0.1, 0.15) is 10.6 Å². The predicted molar refractivity (Wildman–Crippen MR) is 92.2 cm³/mol. The summed E-state index contributed by atoms with van der Waals surface area (Å²) in [5.74, 6) is -7.81. The van der Waals surface area contributed by atoms with E-state index in [4.69, 9.17) is 4.74 Å². The highest BCUT2D eigenvalue weighted by molar-refractivity contribution is 7.94. The quantitative estimate of drug-likeness (QED) is 0.161.